The van der Waals surface area contributed by atoms with E-state index in [0.717, 1.165) is 48.4 Å². The Morgan fingerprint density at radius 1 is 0.975 bits per heavy atom. The number of aryl methyl sites for hydroxylation is 1. The lowest BCUT2D eigenvalue weighted by molar-refractivity contribution is -0.0425. The summed E-state index contributed by atoms with van der Waals surface area (Å²) in [5.41, 5.74) is 3.43. The molecule has 0 radical (unpaired) electrons. The van der Waals surface area contributed by atoms with Crippen LogP contribution in [0.5, 0.6) is 5.75 Å². The second kappa shape index (κ2) is 13.9. The molecule has 0 atom stereocenters. The van der Waals surface area contributed by atoms with Crippen molar-refractivity contribution in [3.05, 3.63) is 65.9 Å². The van der Waals surface area contributed by atoms with Gasteiger partial charge in [0.2, 0.25) is 0 Å². The van der Waals surface area contributed by atoms with Crippen LogP contribution in [0.15, 0.2) is 54.6 Å². The van der Waals surface area contributed by atoms with Gasteiger partial charge in [0.1, 0.15) is 11.4 Å². The van der Waals surface area contributed by atoms with E-state index >= 15 is 0 Å². The van der Waals surface area contributed by atoms with Crippen LogP contribution in [0.25, 0.3) is 16.9 Å². The number of rotatable bonds is 14. The Labute approximate surface area is 238 Å². The zero-order valence-electron chi connectivity index (χ0n) is 24.2. The summed E-state index contributed by atoms with van der Waals surface area (Å²) in [4.78, 5) is 0. The van der Waals surface area contributed by atoms with Crippen molar-refractivity contribution in [2.24, 2.45) is 0 Å². The maximum absolute atomic E-state index is 13.3. The summed E-state index contributed by atoms with van der Waals surface area (Å²) in [6.07, 6.45) is 4.99. The summed E-state index contributed by atoms with van der Waals surface area (Å²) in [5.74, 6) is 0.764. The van der Waals surface area contributed by atoms with E-state index in [9.17, 15) is 9.67 Å². The Balaban J connectivity index is 1.53. The highest BCUT2D eigenvalue weighted by Crippen LogP contribution is 2.53. The van der Waals surface area contributed by atoms with Gasteiger partial charge in [0.05, 0.1) is 43.5 Å². The number of aliphatic hydroxyl groups is 1. The molecule has 1 N–H and O–H groups in total. The van der Waals surface area contributed by atoms with Gasteiger partial charge in [0.25, 0.3) is 0 Å². The fourth-order valence-electron chi connectivity index (χ4n) is 4.81. The number of phosphoric ester groups is 1. The standard InChI is InChI=1S/C31H43N2O6P/c1-5-7-21-37-40(35,38-22-8-6-2)39-28-17-19-31(34,20-18-28)30-23-29(25-11-9-24(3)10-12-25)33(32-30)26-13-15-27(36-4)16-14-26/h9-16,23,28,34H,5-8,17-22H2,1-4H3. The summed E-state index contributed by atoms with van der Waals surface area (Å²) in [5, 5.41) is 16.7. The van der Waals surface area contributed by atoms with Gasteiger partial charge in [-0.15, -0.1) is 0 Å². The quantitative estimate of drug-likeness (QED) is 0.157. The van der Waals surface area contributed by atoms with Crippen LogP contribution in [-0.4, -0.2) is 41.3 Å². The van der Waals surface area contributed by atoms with Crippen molar-refractivity contribution in [2.75, 3.05) is 20.3 Å². The van der Waals surface area contributed by atoms with Gasteiger partial charge in [-0.1, -0.05) is 56.5 Å². The number of benzene rings is 2. The molecule has 0 spiro atoms. The summed E-state index contributed by atoms with van der Waals surface area (Å²) >= 11 is 0. The summed E-state index contributed by atoms with van der Waals surface area (Å²) in [6, 6.07) is 18.0. The van der Waals surface area contributed by atoms with Gasteiger partial charge in [0, 0.05) is 5.56 Å². The number of phosphoric acid groups is 1. The number of ether oxygens (including phenoxy) is 1. The van der Waals surface area contributed by atoms with Crippen LogP contribution in [-0.2, 0) is 23.7 Å². The molecule has 40 heavy (non-hydrogen) atoms. The summed E-state index contributed by atoms with van der Waals surface area (Å²) < 4.78 is 37.7. The third-order valence-electron chi connectivity index (χ3n) is 7.38. The summed E-state index contributed by atoms with van der Waals surface area (Å²) in [7, 11) is -2.03. The molecule has 0 aliphatic heterocycles. The predicted molar refractivity (Wildman–Crippen MR) is 157 cm³/mol. The van der Waals surface area contributed by atoms with E-state index in [1.165, 1.54) is 5.56 Å². The molecule has 0 saturated heterocycles. The third kappa shape index (κ3) is 7.62. The van der Waals surface area contributed by atoms with Crippen molar-refractivity contribution in [3.8, 4) is 22.7 Å². The van der Waals surface area contributed by atoms with E-state index in [1.807, 2.05) is 35.0 Å². The van der Waals surface area contributed by atoms with Crippen molar-refractivity contribution in [1.29, 1.82) is 0 Å². The van der Waals surface area contributed by atoms with Crippen LogP contribution < -0.4 is 4.74 Å². The largest absolute Gasteiger partial charge is 0.497 e. The van der Waals surface area contributed by atoms with Crippen LogP contribution >= 0.6 is 7.82 Å². The minimum Gasteiger partial charge on any atom is -0.497 e. The first-order valence-electron chi connectivity index (χ1n) is 14.4. The maximum atomic E-state index is 13.3. The molecule has 1 aliphatic rings. The SMILES string of the molecule is CCCCOP(=O)(OCCCC)OC1CCC(O)(c2cc(-c3ccc(C)cc3)n(-c3ccc(OC)cc3)n2)CC1. The van der Waals surface area contributed by atoms with E-state index in [-0.39, 0.29) is 6.10 Å². The van der Waals surface area contributed by atoms with Crippen molar-refractivity contribution < 1.29 is 28.0 Å². The monoisotopic (exact) mass is 570 g/mol. The van der Waals surface area contributed by atoms with Crippen molar-refractivity contribution in [3.63, 3.8) is 0 Å². The molecule has 1 fully saturated rings. The van der Waals surface area contributed by atoms with Gasteiger partial charge in [-0.25, -0.2) is 9.25 Å². The molecule has 0 bridgehead atoms. The topological polar surface area (TPSA) is 92.0 Å². The highest BCUT2D eigenvalue weighted by atomic mass is 31.2. The number of hydrogen-bond acceptors (Lipinski definition) is 7. The Bertz CT molecular complexity index is 1240. The molecule has 1 aromatic heterocycles. The Kier molecular flexibility index (Phi) is 10.6. The van der Waals surface area contributed by atoms with Crippen LogP contribution in [0.1, 0.15) is 76.5 Å². The smallest absolute Gasteiger partial charge is 0.475 e. The maximum Gasteiger partial charge on any atom is 0.475 e. The molecule has 2 aromatic carbocycles. The lowest BCUT2D eigenvalue weighted by atomic mass is 9.81. The normalized spacial score (nSPS) is 19.6. The molecule has 0 amide bonds. The highest BCUT2D eigenvalue weighted by molar-refractivity contribution is 7.48. The van der Waals surface area contributed by atoms with E-state index in [1.54, 1.807) is 7.11 Å². The molecular formula is C31H43N2O6P. The van der Waals surface area contributed by atoms with Gasteiger partial charge >= 0.3 is 7.82 Å². The van der Waals surface area contributed by atoms with E-state index in [4.69, 9.17) is 23.4 Å². The first kappa shape index (κ1) is 30.5. The zero-order valence-corrected chi connectivity index (χ0v) is 25.1. The van der Waals surface area contributed by atoms with Crippen LogP contribution in [0.3, 0.4) is 0 Å². The molecule has 0 unspecified atom stereocenters. The molecule has 9 heteroatoms. The predicted octanol–water partition coefficient (Wildman–Crippen LogP) is 7.74. The van der Waals surface area contributed by atoms with E-state index < -0.39 is 13.4 Å². The Morgan fingerprint density at radius 2 is 1.57 bits per heavy atom. The van der Waals surface area contributed by atoms with Gasteiger partial charge < -0.3 is 9.84 Å². The fraction of sp³-hybridized carbons (Fsp3) is 0.516. The van der Waals surface area contributed by atoms with Gasteiger partial charge in [-0.05, 0) is 75.8 Å². The second-order valence-electron chi connectivity index (χ2n) is 10.5. The molecule has 4 rings (SSSR count). The summed E-state index contributed by atoms with van der Waals surface area (Å²) in [6.45, 7) is 6.83. The van der Waals surface area contributed by atoms with Gasteiger partial charge in [-0.3, -0.25) is 13.6 Å². The third-order valence-corrected chi connectivity index (χ3v) is 8.94. The minimum absolute atomic E-state index is 0.324. The first-order valence-corrected chi connectivity index (χ1v) is 15.9. The molecule has 1 heterocycles. The lowest BCUT2D eigenvalue weighted by Gasteiger charge is -2.35. The van der Waals surface area contributed by atoms with Crippen molar-refractivity contribution in [2.45, 2.75) is 83.8 Å². The number of nitrogens with zero attached hydrogens (tertiary/aromatic N) is 2. The van der Waals surface area contributed by atoms with Crippen molar-refractivity contribution >= 4 is 7.82 Å². The average Bonchev–Trinajstić information content (AvgIpc) is 3.42. The van der Waals surface area contributed by atoms with Gasteiger partial charge in [-0.2, -0.15) is 5.10 Å². The highest BCUT2D eigenvalue weighted by Gasteiger charge is 2.41. The van der Waals surface area contributed by atoms with Crippen LogP contribution in [0, 0.1) is 6.92 Å². The Hall–Kier alpha value is -2.48. The zero-order chi connectivity index (χ0) is 28.6. The van der Waals surface area contributed by atoms with Crippen LogP contribution in [0.2, 0.25) is 0 Å². The Morgan fingerprint density at radius 3 is 2.12 bits per heavy atom. The number of methoxy groups -OCH3 is 1. The minimum atomic E-state index is -3.67. The molecule has 1 saturated carbocycles. The van der Waals surface area contributed by atoms with Crippen molar-refractivity contribution in [1.82, 2.24) is 9.78 Å². The molecule has 218 valence electrons. The van der Waals surface area contributed by atoms with E-state index in [0.29, 0.717) is 44.6 Å². The molecule has 1 aliphatic carbocycles. The molecular weight excluding hydrogens is 527 g/mol. The average molecular weight is 571 g/mol. The molecule has 8 nitrogen and oxygen atoms in total. The number of hydrogen-bond donors (Lipinski definition) is 1. The second-order valence-corrected chi connectivity index (χ2v) is 12.2. The fourth-order valence-corrected chi connectivity index (χ4v) is 6.29. The van der Waals surface area contributed by atoms with Gasteiger partial charge in [0.15, 0.2) is 0 Å². The number of aromatic nitrogens is 2. The molecule has 3 aromatic rings. The first-order chi connectivity index (χ1) is 19.3. The number of unbranched alkanes of at least 4 members (excludes halogenated alkanes) is 2. The van der Waals surface area contributed by atoms with E-state index in [2.05, 4.69) is 45.0 Å². The lowest BCUT2D eigenvalue weighted by Crippen LogP contribution is -2.34. The van der Waals surface area contributed by atoms with Crippen LogP contribution in [0.4, 0.5) is 0 Å².